The van der Waals surface area contributed by atoms with Crippen molar-refractivity contribution in [2.24, 2.45) is 0 Å². The number of halogens is 3. The number of H-pyrrole nitrogens is 1. The highest BCUT2D eigenvalue weighted by molar-refractivity contribution is 5.67. The number of imidazole rings is 1. The molecule has 4 rings (SSSR count). The van der Waals surface area contributed by atoms with Crippen LogP contribution in [0.2, 0.25) is 0 Å². The molecular weight excluding hydrogens is 373 g/mol. The van der Waals surface area contributed by atoms with Gasteiger partial charge in [0.25, 0.3) is 0 Å². The molecule has 142 valence electrons. The Kier molecular flexibility index (Phi) is 4.34. The van der Waals surface area contributed by atoms with Crippen molar-refractivity contribution >= 4 is 5.65 Å². The number of aromatic amines is 1. The Hall–Kier alpha value is -3.62. The van der Waals surface area contributed by atoms with Gasteiger partial charge in [-0.3, -0.25) is 9.20 Å². The van der Waals surface area contributed by atoms with Crippen LogP contribution in [-0.4, -0.2) is 19.6 Å². The molecule has 1 N–H and O–H groups in total. The van der Waals surface area contributed by atoms with Gasteiger partial charge in [0.15, 0.2) is 5.82 Å². The van der Waals surface area contributed by atoms with E-state index in [4.69, 9.17) is 4.74 Å². The van der Waals surface area contributed by atoms with E-state index in [9.17, 15) is 18.0 Å². The van der Waals surface area contributed by atoms with Crippen molar-refractivity contribution in [2.75, 3.05) is 0 Å². The predicted molar refractivity (Wildman–Crippen MR) is 94.8 cm³/mol. The highest BCUT2D eigenvalue weighted by atomic mass is 19.4. The molecule has 0 aliphatic rings. The summed E-state index contributed by atoms with van der Waals surface area (Å²) in [5, 5.41) is 6.29. The van der Waals surface area contributed by atoms with Crippen molar-refractivity contribution in [1.29, 1.82) is 0 Å². The van der Waals surface area contributed by atoms with Gasteiger partial charge in [-0.25, -0.2) is 10.1 Å². The van der Waals surface area contributed by atoms with Gasteiger partial charge in [-0.15, -0.1) is 0 Å². The lowest BCUT2D eigenvalue weighted by molar-refractivity contribution is -0.137. The van der Waals surface area contributed by atoms with E-state index in [1.807, 2.05) is 18.2 Å². The number of nitrogens with one attached hydrogen (secondary N) is 1. The van der Waals surface area contributed by atoms with Gasteiger partial charge in [0, 0.05) is 12.4 Å². The minimum Gasteiger partial charge on any atom is -0.488 e. The molecule has 28 heavy (non-hydrogen) atoms. The molecule has 0 saturated carbocycles. The molecule has 0 aliphatic carbocycles. The molecule has 0 radical (unpaired) electrons. The lowest BCUT2D eigenvalue weighted by Gasteiger charge is -2.15. The zero-order valence-electron chi connectivity index (χ0n) is 14.3. The van der Waals surface area contributed by atoms with Crippen molar-refractivity contribution in [3.8, 4) is 17.1 Å². The van der Waals surface area contributed by atoms with Crippen molar-refractivity contribution in [1.82, 2.24) is 19.6 Å². The second-order valence-corrected chi connectivity index (χ2v) is 5.98. The number of ether oxygens (including phenoxy) is 1. The first-order chi connectivity index (χ1) is 13.4. The minimum atomic E-state index is -4.52. The number of fused-ring (bicyclic) bond motifs is 1. The first-order valence-electron chi connectivity index (χ1n) is 8.23. The van der Waals surface area contributed by atoms with Gasteiger partial charge in [0.2, 0.25) is 5.65 Å². The first kappa shape index (κ1) is 17.8. The molecule has 0 bridgehead atoms. The fourth-order valence-electron chi connectivity index (χ4n) is 2.78. The van der Waals surface area contributed by atoms with E-state index >= 15 is 0 Å². The first-order valence-corrected chi connectivity index (χ1v) is 8.23. The summed E-state index contributed by atoms with van der Waals surface area (Å²) >= 11 is 0. The topological polar surface area (TPSA) is 72.3 Å². The third kappa shape index (κ3) is 3.34. The van der Waals surface area contributed by atoms with Gasteiger partial charge in [-0.05, 0) is 23.8 Å². The fourth-order valence-corrected chi connectivity index (χ4v) is 2.78. The van der Waals surface area contributed by atoms with Crippen LogP contribution in [0.1, 0.15) is 11.1 Å². The Morgan fingerprint density at radius 1 is 1.11 bits per heavy atom. The Morgan fingerprint density at radius 3 is 2.64 bits per heavy atom. The highest BCUT2D eigenvalue weighted by Crippen LogP contribution is 2.36. The summed E-state index contributed by atoms with van der Waals surface area (Å²) in [6.07, 6.45) is -1.61. The third-order valence-electron chi connectivity index (χ3n) is 4.12. The number of alkyl halides is 3. The van der Waals surface area contributed by atoms with Gasteiger partial charge in [0.05, 0.1) is 11.1 Å². The van der Waals surface area contributed by atoms with Crippen LogP contribution < -0.4 is 10.3 Å². The average Bonchev–Trinajstić information content (AvgIpc) is 3.18. The summed E-state index contributed by atoms with van der Waals surface area (Å²) in [6, 6.07) is 12.2. The van der Waals surface area contributed by atoms with Gasteiger partial charge in [-0.2, -0.15) is 18.3 Å². The molecular formula is C19H13F3N4O2. The maximum absolute atomic E-state index is 13.2. The molecule has 0 saturated heterocycles. The fraction of sp³-hybridized carbons (Fsp3) is 0.105. The summed E-state index contributed by atoms with van der Waals surface area (Å²) < 4.78 is 46.7. The number of nitrogens with zero attached hydrogens (tertiary/aromatic N) is 3. The van der Waals surface area contributed by atoms with Crippen LogP contribution in [-0.2, 0) is 12.8 Å². The number of aromatic nitrogens is 4. The molecule has 2 heterocycles. The Bertz CT molecular complexity index is 1180. The average molecular weight is 386 g/mol. The van der Waals surface area contributed by atoms with E-state index in [0.717, 1.165) is 17.7 Å². The van der Waals surface area contributed by atoms with Crippen LogP contribution in [0.5, 0.6) is 5.75 Å². The number of hydrogen-bond donors (Lipinski definition) is 1. The lowest BCUT2D eigenvalue weighted by atomic mass is 10.1. The molecule has 6 nitrogen and oxygen atoms in total. The van der Waals surface area contributed by atoms with Gasteiger partial charge in [0.1, 0.15) is 12.4 Å². The quantitative estimate of drug-likeness (QED) is 0.581. The van der Waals surface area contributed by atoms with Crippen LogP contribution in [0, 0.1) is 0 Å². The second kappa shape index (κ2) is 6.84. The molecule has 2 aromatic heterocycles. The van der Waals surface area contributed by atoms with Gasteiger partial charge in [-0.1, -0.05) is 30.3 Å². The molecule has 0 amide bonds. The van der Waals surface area contributed by atoms with Crippen LogP contribution in [0.25, 0.3) is 17.0 Å². The van der Waals surface area contributed by atoms with E-state index in [2.05, 4.69) is 15.2 Å². The molecule has 0 unspecified atom stereocenters. The van der Waals surface area contributed by atoms with Crippen molar-refractivity contribution < 1.29 is 17.9 Å². The monoisotopic (exact) mass is 386 g/mol. The van der Waals surface area contributed by atoms with E-state index in [-0.39, 0.29) is 23.8 Å². The molecule has 2 aromatic carbocycles. The SMILES string of the molecule is O=c1[nH]nc(-c2ccc(C(F)(F)F)cc2OCc2ccccc2)n2ccnc12. The Morgan fingerprint density at radius 2 is 1.89 bits per heavy atom. The van der Waals surface area contributed by atoms with Crippen molar-refractivity contribution in [3.05, 3.63) is 82.4 Å². The zero-order chi connectivity index (χ0) is 19.7. The minimum absolute atomic E-state index is 0.00627. The van der Waals surface area contributed by atoms with E-state index in [1.54, 1.807) is 12.1 Å². The lowest BCUT2D eigenvalue weighted by Crippen LogP contribution is -2.14. The maximum Gasteiger partial charge on any atom is 0.416 e. The summed E-state index contributed by atoms with van der Waals surface area (Å²) in [6.45, 7) is 0.0750. The summed E-state index contributed by atoms with van der Waals surface area (Å²) in [5.41, 5.74) is -0.173. The standard InChI is InChI=1S/C19H13F3N4O2/c20-19(21,22)13-6-7-14(15(10-13)28-11-12-4-2-1-3-5-12)16-24-25-18(27)17-23-8-9-26(16)17/h1-10H,11H2,(H,25,27). The summed E-state index contributed by atoms with van der Waals surface area (Å²) in [5.74, 6) is 0.206. The van der Waals surface area contributed by atoms with Crippen LogP contribution in [0.15, 0.2) is 65.7 Å². The highest BCUT2D eigenvalue weighted by Gasteiger charge is 2.32. The molecule has 0 spiro atoms. The second-order valence-electron chi connectivity index (χ2n) is 5.98. The van der Waals surface area contributed by atoms with Gasteiger partial charge < -0.3 is 4.74 Å². The van der Waals surface area contributed by atoms with Crippen molar-refractivity contribution in [2.45, 2.75) is 12.8 Å². The normalized spacial score (nSPS) is 11.7. The maximum atomic E-state index is 13.2. The van der Waals surface area contributed by atoms with Crippen LogP contribution in [0.3, 0.4) is 0 Å². The molecule has 0 atom stereocenters. The van der Waals surface area contributed by atoms with E-state index < -0.39 is 17.3 Å². The molecule has 0 aliphatic heterocycles. The third-order valence-corrected chi connectivity index (χ3v) is 4.12. The van der Waals surface area contributed by atoms with Crippen LogP contribution >= 0.6 is 0 Å². The van der Waals surface area contributed by atoms with Crippen LogP contribution in [0.4, 0.5) is 13.2 Å². The van der Waals surface area contributed by atoms with Gasteiger partial charge >= 0.3 is 11.7 Å². The summed E-state index contributed by atoms with van der Waals surface area (Å²) in [4.78, 5) is 15.8. The Labute approximate surface area is 156 Å². The zero-order valence-corrected chi connectivity index (χ0v) is 14.3. The number of rotatable bonds is 4. The smallest absolute Gasteiger partial charge is 0.416 e. The van der Waals surface area contributed by atoms with E-state index in [1.165, 1.54) is 22.9 Å². The predicted octanol–water partition coefficient (Wildman–Crippen LogP) is 3.68. The summed E-state index contributed by atoms with van der Waals surface area (Å²) in [7, 11) is 0. The van der Waals surface area contributed by atoms with Crippen molar-refractivity contribution in [3.63, 3.8) is 0 Å². The number of hydrogen-bond acceptors (Lipinski definition) is 4. The Balaban J connectivity index is 1.82. The number of benzene rings is 2. The largest absolute Gasteiger partial charge is 0.488 e. The molecule has 4 aromatic rings. The van der Waals surface area contributed by atoms with E-state index in [0.29, 0.717) is 5.56 Å². The molecule has 0 fully saturated rings. The molecule has 9 heteroatoms.